The van der Waals surface area contributed by atoms with E-state index in [1.807, 2.05) is 30.3 Å². The molecule has 1 aliphatic rings. The van der Waals surface area contributed by atoms with Crippen LogP contribution in [0, 0.1) is 5.82 Å². The Balaban J connectivity index is 1.49. The highest BCUT2D eigenvalue weighted by atomic mass is 35.5. The van der Waals surface area contributed by atoms with E-state index < -0.39 is 5.82 Å². The van der Waals surface area contributed by atoms with E-state index in [1.54, 1.807) is 65.4 Å². The van der Waals surface area contributed by atoms with E-state index in [0.717, 1.165) is 5.56 Å². The van der Waals surface area contributed by atoms with Crippen molar-refractivity contribution in [3.63, 3.8) is 0 Å². The Labute approximate surface area is 237 Å². The van der Waals surface area contributed by atoms with Gasteiger partial charge in [0.2, 0.25) is 0 Å². The molecule has 0 unspecified atom stereocenters. The van der Waals surface area contributed by atoms with Gasteiger partial charge in [0.05, 0.1) is 17.2 Å². The van der Waals surface area contributed by atoms with E-state index in [0.29, 0.717) is 54.3 Å². The van der Waals surface area contributed by atoms with Crippen LogP contribution in [0.2, 0.25) is 5.02 Å². The average molecular weight is 561 g/mol. The molecule has 1 aliphatic heterocycles. The molecule has 6 nitrogen and oxygen atoms in total. The molecule has 1 aromatic heterocycles. The van der Waals surface area contributed by atoms with E-state index >= 15 is 0 Å². The van der Waals surface area contributed by atoms with Gasteiger partial charge < -0.3 is 19.0 Å². The van der Waals surface area contributed by atoms with Gasteiger partial charge in [-0.15, -0.1) is 0 Å². The van der Waals surface area contributed by atoms with Crippen LogP contribution >= 0.6 is 11.6 Å². The third kappa shape index (κ3) is 6.20. The quantitative estimate of drug-likeness (QED) is 0.277. The number of ether oxygens (including phenoxy) is 1. The Morgan fingerprint density at radius 1 is 0.950 bits per heavy atom. The van der Waals surface area contributed by atoms with E-state index in [9.17, 15) is 14.0 Å². The standard InChI is InChI=1S/C32H30ClFN2O4/c1-35-17-7-8-18-36(32(38)30-16-15-29(40-30)25-11-5-6-12-27(25)34)24(19-22-9-3-2-4-10-22)21-39-28-14-13-23(33)20-26(28)31(35)37/h2-6,9-16,20,24H,7-8,17-19,21H2,1H3/t24-/m0/s1. The summed E-state index contributed by atoms with van der Waals surface area (Å²) in [6.45, 7) is 1.09. The minimum Gasteiger partial charge on any atom is -0.491 e. The molecule has 2 amide bonds. The zero-order chi connectivity index (χ0) is 28.1. The first-order valence-electron chi connectivity index (χ1n) is 13.3. The van der Waals surface area contributed by atoms with Gasteiger partial charge in [-0.3, -0.25) is 9.59 Å². The monoisotopic (exact) mass is 560 g/mol. The third-order valence-corrected chi connectivity index (χ3v) is 7.30. The maximum atomic E-state index is 14.4. The maximum Gasteiger partial charge on any atom is 0.289 e. The Morgan fingerprint density at radius 3 is 2.50 bits per heavy atom. The number of rotatable bonds is 4. The number of hydrogen-bond donors (Lipinski definition) is 0. The molecule has 8 heteroatoms. The first-order valence-corrected chi connectivity index (χ1v) is 13.7. The summed E-state index contributed by atoms with van der Waals surface area (Å²) in [6.07, 6.45) is 1.89. The van der Waals surface area contributed by atoms with E-state index in [4.69, 9.17) is 20.8 Å². The summed E-state index contributed by atoms with van der Waals surface area (Å²) in [4.78, 5) is 30.5. The Hall–Kier alpha value is -4.10. The molecule has 0 bridgehead atoms. The van der Waals surface area contributed by atoms with Crippen molar-refractivity contribution in [2.75, 3.05) is 26.7 Å². The van der Waals surface area contributed by atoms with Crippen LogP contribution in [0.15, 0.2) is 89.3 Å². The fourth-order valence-corrected chi connectivity index (χ4v) is 5.09. The zero-order valence-corrected chi connectivity index (χ0v) is 22.9. The topological polar surface area (TPSA) is 63.0 Å². The minimum atomic E-state index is -0.421. The van der Waals surface area contributed by atoms with Crippen molar-refractivity contribution < 1.29 is 23.1 Å². The smallest absolute Gasteiger partial charge is 0.289 e. The number of furan rings is 1. The lowest BCUT2D eigenvalue weighted by Gasteiger charge is -2.32. The molecule has 0 radical (unpaired) electrons. The van der Waals surface area contributed by atoms with Crippen LogP contribution < -0.4 is 4.74 Å². The van der Waals surface area contributed by atoms with Crippen molar-refractivity contribution in [3.05, 3.63) is 113 Å². The summed E-state index contributed by atoms with van der Waals surface area (Å²) in [7, 11) is 1.74. The normalized spacial score (nSPS) is 16.5. The number of nitrogens with zero attached hydrogens (tertiary/aromatic N) is 2. The molecule has 0 N–H and O–H groups in total. The van der Waals surface area contributed by atoms with E-state index in [1.165, 1.54) is 6.07 Å². The van der Waals surface area contributed by atoms with E-state index in [-0.39, 0.29) is 36.0 Å². The highest BCUT2D eigenvalue weighted by Gasteiger charge is 2.29. The average Bonchev–Trinajstić information content (AvgIpc) is 3.45. The van der Waals surface area contributed by atoms with Gasteiger partial charge in [0.1, 0.15) is 23.9 Å². The minimum absolute atomic E-state index is 0.128. The predicted octanol–water partition coefficient (Wildman–Crippen LogP) is 6.74. The lowest BCUT2D eigenvalue weighted by atomic mass is 10.0. The van der Waals surface area contributed by atoms with Gasteiger partial charge in [0.15, 0.2) is 5.76 Å². The number of fused-ring (bicyclic) bond motifs is 1. The van der Waals surface area contributed by atoms with Crippen molar-refractivity contribution in [3.8, 4) is 17.1 Å². The second kappa shape index (κ2) is 12.4. The lowest BCUT2D eigenvalue weighted by Crippen LogP contribution is -2.46. The number of carbonyl (C=O) groups excluding carboxylic acids is 2. The summed E-state index contributed by atoms with van der Waals surface area (Å²) in [6, 6.07) is 24.0. The summed E-state index contributed by atoms with van der Waals surface area (Å²) < 4.78 is 26.5. The van der Waals surface area contributed by atoms with Gasteiger partial charge in [0, 0.05) is 25.2 Å². The fourth-order valence-electron chi connectivity index (χ4n) is 4.91. The molecule has 0 aliphatic carbocycles. The first-order chi connectivity index (χ1) is 19.4. The fraction of sp³-hybridized carbons (Fsp3) is 0.250. The van der Waals surface area contributed by atoms with Crippen molar-refractivity contribution in [1.29, 1.82) is 0 Å². The number of benzene rings is 3. The molecule has 0 saturated heterocycles. The number of hydrogen-bond acceptors (Lipinski definition) is 4. The summed E-state index contributed by atoms with van der Waals surface area (Å²) in [5, 5.41) is 0.442. The third-order valence-electron chi connectivity index (χ3n) is 7.06. The molecular weight excluding hydrogens is 531 g/mol. The summed E-state index contributed by atoms with van der Waals surface area (Å²) in [5.74, 6) is -0.0608. The van der Waals surface area contributed by atoms with Crippen LogP contribution in [0.25, 0.3) is 11.3 Å². The Morgan fingerprint density at radius 2 is 1.70 bits per heavy atom. The van der Waals surface area contributed by atoms with Gasteiger partial charge >= 0.3 is 0 Å². The van der Waals surface area contributed by atoms with Crippen molar-refractivity contribution in [2.45, 2.75) is 25.3 Å². The maximum absolute atomic E-state index is 14.4. The van der Waals surface area contributed by atoms with Gasteiger partial charge in [-0.25, -0.2) is 4.39 Å². The van der Waals surface area contributed by atoms with Crippen molar-refractivity contribution >= 4 is 23.4 Å². The van der Waals surface area contributed by atoms with Crippen molar-refractivity contribution in [2.24, 2.45) is 0 Å². The van der Waals surface area contributed by atoms with Gasteiger partial charge in [0.25, 0.3) is 11.8 Å². The van der Waals surface area contributed by atoms with Crippen molar-refractivity contribution in [1.82, 2.24) is 9.80 Å². The molecule has 40 heavy (non-hydrogen) atoms. The number of halogens is 2. The van der Waals surface area contributed by atoms with Gasteiger partial charge in [-0.05, 0) is 67.3 Å². The van der Waals surface area contributed by atoms with Crippen LogP contribution in [0.3, 0.4) is 0 Å². The Kier molecular flexibility index (Phi) is 8.51. The van der Waals surface area contributed by atoms with Crippen LogP contribution in [0.4, 0.5) is 4.39 Å². The Bertz CT molecular complexity index is 1490. The lowest BCUT2D eigenvalue weighted by molar-refractivity contribution is 0.0562. The van der Waals surface area contributed by atoms with Crippen LogP contribution in [-0.2, 0) is 6.42 Å². The molecule has 206 valence electrons. The highest BCUT2D eigenvalue weighted by Crippen LogP contribution is 2.28. The summed E-state index contributed by atoms with van der Waals surface area (Å²) in [5.41, 5.74) is 1.72. The molecule has 1 atom stereocenters. The molecule has 0 saturated carbocycles. The van der Waals surface area contributed by atoms with E-state index in [2.05, 4.69) is 0 Å². The highest BCUT2D eigenvalue weighted by molar-refractivity contribution is 6.31. The second-order valence-corrected chi connectivity index (χ2v) is 10.3. The SMILES string of the molecule is CN1CCCCN(C(=O)c2ccc(-c3ccccc3F)o2)[C@@H](Cc2ccccc2)COc2ccc(Cl)cc2C1=O. The first kappa shape index (κ1) is 27.5. The number of carbonyl (C=O) groups is 2. The number of amides is 2. The van der Waals surface area contributed by atoms with Crippen LogP contribution in [0.5, 0.6) is 5.75 Å². The van der Waals surface area contributed by atoms with Gasteiger partial charge in [-0.1, -0.05) is 54.1 Å². The molecule has 5 rings (SSSR count). The van der Waals surface area contributed by atoms with Crippen LogP contribution in [0.1, 0.15) is 39.3 Å². The molecule has 0 fully saturated rings. The van der Waals surface area contributed by atoms with Crippen LogP contribution in [-0.4, -0.2) is 54.4 Å². The van der Waals surface area contributed by atoms with Gasteiger partial charge in [-0.2, -0.15) is 0 Å². The molecule has 3 aromatic carbocycles. The molecule has 4 aromatic rings. The molecule has 2 heterocycles. The second-order valence-electron chi connectivity index (χ2n) is 9.87. The molecule has 0 spiro atoms. The summed E-state index contributed by atoms with van der Waals surface area (Å²) >= 11 is 6.23. The zero-order valence-electron chi connectivity index (χ0n) is 22.2. The molecular formula is C32H30ClFN2O4. The predicted molar refractivity (Wildman–Crippen MR) is 152 cm³/mol. The largest absolute Gasteiger partial charge is 0.491 e.